The highest BCUT2D eigenvalue weighted by Gasteiger charge is 2.29. The van der Waals surface area contributed by atoms with Gasteiger partial charge in [-0.3, -0.25) is 0 Å². The van der Waals surface area contributed by atoms with E-state index in [0.717, 1.165) is 65.6 Å². The molecule has 5 N–H and O–H groups in total. The third-order valence-corrected chi connectivity index (χ3v) is 6.77. The molecule has 172 valence electrons. The molecule has 0 bridgehead atoms. The van der Waals surface area contributed by atoms with Crippen LogP contribution in [0.15, 0.2) is 60.8 Å². The minimum Gasteiger partial charge on any atom is -0.486 e. The number of nitrogens with zero attached hydrogens (tertiary/aromatic N) is 2. The van der Waals surface area contributed by atoms with Crippen molar-refractivity contribution in [3.8, 4) is 16.9 Å². The van der Waals surface area contributed by atoms with Gasteiger partial charge < -0.3 is 30.9 Å². The van der Waals surface area contributed by atoms with Crippen LogP contribution in [-0.4, -0.2) is 40.7 Å². The first-order valence-electron chi connectivity index (χ1n) is 11.5. The van der Waals surface area contributed by atoms with E-state index in [1.807, 2.05) is 48.7 Å². The summed E-state index contributed by atoms with van der Waals surface area (Å²) >= 11 is 0. The summed E-state index contributed by atoms with van der Waals surface area (Å²) in [4.78, 5) is 6.86. The zero-order chi connectivity index (χ0) is 22.9. The monoisotopic (exact) mass is 446 g/mol. The van der Waals surface area contributed by atoms with Crippen LogP contribution in [0.4, 0.5) is 17.2 Å². The summed E-state index contributed by atoms with van der Waals surface area (Å²) < 4.78 is 6.28. The van der Waals surface area contributed by atoms with Gasteiger partial charge in [-0.15, -0.1) is 0 Å². The molecule has 1 fully saturated rings. The Morgan fingerprint density at radius 2 is 1.82 bits per heavy atom. The lowest BCUT2D eigenvalue weighted by molar-refractivity contribution is -0.0893. The number of nitrogens with one attached hydrogen (secondary N) is 1. The number of piperidine rings is 1. The topological polar surface area (TPSA) is 104 Å². The number of para-hydroxylation sites is 1. The maximum absolute atomic E-state index is 9.38. The molecule has 1 aromatic heterocycles. The third-order valence-electron chi connectivity index (χ3n) is 6.77. The minimum atomic E-state index is -1.23. The number of benzene rings is 2. The van der Waals surface area contributed by atoms with Crippen LogP contribution < -0.4 is 20.7 Å². The third kappa shape index (κ3) is 4.34. The average Bonchev–Trinajstić information content (AvgIpc) is 2.84. The first-order chi connectivity index (χ1) is 16.0. The SMILES string of the molecule is CC1Oc2cc(-c3ccc(N4CCC(C(O)O)CC4)nc3)ccc2NC1c1ccccc1N. The van der Waals surface area contributed by atoms with Crippen molar-refractivity contribution in [2.45, 2.75) is 38.2 Å². The molecule has 2 aliphatic rings. The Balaban J connectivity index is 1.31. The van der Waals surface area contributed by atoms with Crippen LogP contribution in [0.3, 0.4) is 0 Å². The van der Waals surface area contributed by atoms with Crippen LogP contribution in [0.1, 0.15) is 31.4 Å². The van der Waals surface area contributed by atoms with Crippen LogP contribution in [-0.2, 0) is 0 Å². The fraction of sp³-hybridized carbons (Fsp3) is 0.346. The predicted octanol–water partition coefficient (Wildman–Crippen LogP) is 3.79. The highest BCUT2D eigenvalue weighted by molar-refractivity contribution is 5.72. The summed E-state index contributed by atoms with van der Waals surface area (Å²) in [6, 6.07) is 18.1. The molecule has 0 amide bonds. The number of nitrogens with two attached hydrogens (primary N) is 1. The second-order valence-electron chi connectivity index (χ2n) is 8.93. The molecule has 7 nitrogen and oxygen atoms in total. The molecule has 5 rings (SSSR count). The van der Waals surface area contributed by atoms with E-state index in [4.69, 9.17) is 10.5 Å². The number of pyridine rings is 1. The fourth-order valence-electron chi connectivity index (χ4n) is 4.77. The fourth-order valence-corrected chi connectivity index (χ4v) is 4.77. The minimum absolute atomic E-state index is 0.0124. The lowest BCUT2D eigenvalue weighted by Gasteiger charge is -2.34. The molecule has 2 aromatic carbocycles. The van der Waals surface area contributed by atoms with Gasteiger partial charge in [0.25, 0.3) is 0 Å². The summed E-state index contributed by atoms with van der Waals surface area (Å²) in [6.07, 6.45) is 2.09. The molecule has 33 heavy (non-hydrogen) atoms. The highest BCUT2D eigenvalue weighted by atomic mass is 16.5. The Morgan fingerprint density at radius 1 is 1.06 bits per heavy atom. The van der Waals surface area contributed by atoms with E-state index < -0.39 is 6.29 Å². The largest absolute Gasteiger partial charge is 0.486 e. The summed E-state index contributed by atoms with van der Waals surface area (Å²) in [5, 5.41) is 22.3. The van der Waals surface area contributed by atoms with Gasteiger partial charge in [-0.25, -0.2) is 4.98 Å². The van der Waals surface area contributed by atoms with Gasteiger partial charge in [0.1, 0.15) is 17.7 Å². The van der Waals surface area contributed by atoms with Gasteiger partial charge >= 0.3 is 0 Å². The van der Waals surface area contributed by atoms with E-state index in [2.05, 4.69) is 34.3 Å². The lowest BCUT2D eigenvalue weighted by Crippen LogP contribution is -2.38. The van der Waals surface area contributed by atoms with Crippen molar-refractivity contribution in [2.75, 3.05) is 29.0 Å². The van der Waals surface area contributed by atoms with Crippen LogP contribution in [0.25, 0.3) is 11.1 Å². The van der Waals surface area contributed by atoms with Gasteiger partial charge in [0.05, 0.1) is 11.7 Å². The number of aliphatic hydroxyl groups is 2. The standard InChI is InChI=1S/C26H30N4O3/c1-16-25(20-4-2-3-5-21(20)27)29-22-8-6-18(14-23(22)33-16)19-7-9-24(28-15-19)30-12-10-17(11-13-30)26(31)32/h2-9,14-17,25-26,29,31-32H,10-13,27H2,1H3. The van der Waals surface area contributed by atoms with Crippen molar-refractivity contribution < 1.29 is 14.9 Å². The average molecular weight is 447 g/mol. The van der Waals surface area contributed by atoms with Crippen LogP contribution in [0.5, 0.6) is 5.75 Å². The number of aliphatic hydroxyl groups excluding tert-OH is 1. The summed E-state index contributed by atoms with van der Waals surface area (Å²) in [6.45, 7) is 3.60. The van der Waals surface area contributed by atoms with Gasteiger partial charge in [-0.05, 0) is 55.7 Å². The van der Waals surface area contributed by atoms with Crippen molar-refractivity contribution in [1.29, 1.82) is 0 Å². The van der Waals surface area contributed by atoms with Crippen LogP contribution in [0, 0.1) is 5.92 Å². The van der Waals surface area contributed by atoms with Gasteiger partial charge in [-0.2, -0.15) is 0 Å². The Hall–Kier alpha value is -3.29. The van der Waals surface area contributed by atoms with Gasteiger partial charge in [0.2, 0.25) is 0 Å². The maximum Gasteiger partial charge on any atom is 0.154 e. The second kappa shape index (κ2) is 8.92. The molecular weight excluding hydrogens is 416 g/mol. The van der Waals surface area contributed by atoms with Crippen molar-refractivity contribution in [1.82, 2.24) is 4.98 Å². The van der Waals surface area contributed by atoms with Crippen molar-refractivity contribution in [3.63, 3.8) is 0 Å². The molecule has 0 saturated carbocycles. The van der Waals surface area contributed by atoms with Gasteiger partial charge in [-0.1, -0.05) is 24.3 Å². The number of nitrogen functional groups attached to an aromatic ring is 1. The Morgan fingerprint density at radius 3 is 2.52 bits per heavy atom. The zero-order valence-electron chi connectivity index (χ0n) is 18.7. The molecule has 7 heteroatoms. The first kappa shape index (κ1) is 21.6. The maximum atomic E-state index is 9.38. The number of ether oxygens (including phenoxy) is 1. The van der Waals surface area contributed by atoms with Crippen molar-refractivity contribution >= 4 is 17.2 Å². The van der Waals surface area contributed by atoms with E-state index in [0.29, 0.717) is 0 Å². The van der Waals surface area contributed by atoms with E-state index in [1.54, 1.807) is 0 Å². The number of anilines is 3. The molecule has 2 unspecified atom stereocenters. The van der Waals surface area contributed by atoms with Crippen LogP contribution >= 0.6 is 0 Å². The number of fused-ring (bicyclic) bond motifs is 1. The molecule has 0 radical (unpaired) electrons. The molecule has 1 saturated heterocycles. The molecule has 2 atom stereocenters. The van der Waals surface area contributed by atoms with E-state index in [1.165, 1.54) is 0 Å². The molecular formula is C26H30N4O3. The Kier molecular flexibility index (Phi) is 5.83. The zero-order valence-corrected chi connectivity index (χ0v) is 18.7. The molecule has 2 aliphatic heterocycles. The first-order valence-corrected chi connectivity index (χ1v) is 11.5. The van der Waals surface area contributed by atoms with Crippen molar-refractivity contribution in [3.05, 3.63) is 66.4 Å². The number of rotatable bonds is 4. The van der Waals surface area contributed by atoms with E-state index in [9.17, 15) is 10.2 Å². The summed E-state index contributed by atoms with van der Waals surface area (Å²) in [5.41, 5.74) is 11.0. The van der Waals surface area contributed by atoms with E-state index in [-0.39, 0.29) is 18.1 Å². The Labute approximate surface area is 193 Å². The lowest BCUT2D eigenvalue weighted by atomic mass is 9.96. The molecule has 0 spiro atoms. The van der Waals surface area contributed by atoms with Gasteiger partial charge in [0, 0.05) is 42.0 Å². The molecule has 3 heterocycles. The van der Waals surface area contributed by atoms with Gasteiger partial charge in [0.15, 0.2) is 6.29 Å². The Bertz CT molecular complexity index is 1110. The quantitative estimate of drug-likeness (QED) is 0.357. The smallest absolute Gasteiger partial charge is 0.154 e. The van der Waals surface area contributed by atoms with E-state index >= 15 is 0 Å². The number of hydrogen-bond acceptors (Lipinski definition) is 7. The summed E-state index contributed by atoms with van der Waals surface area (Å²) in [7, 11) is 0. The molecule has 0 aliphatic carbocycles. The summed E-state index contributed by atoms with van der Waals surface area (Å²) in [5.74, 6) is 1.68. The van der Waals surface area contributed by atoms with Crippen LogP contribution in [0.2, 0.25) is 0 Å². The highest BCUT2D eigenvalue weighted by Crippen LogP contribution is 2.40. The molecule has 3 aromatic rings. The predicted molar refractivity (Wildman–Crippen MR) is 130 cm³/mol. The van der Waals surface area contributed by atoms with Crippen molar-refractivity contribution in [2.24, 2.45) is 5.92 Å². The normalized spacial score (nSPS) is 20.8. The number of aromatic nitrogens is 1. The second-order valence-corrected chi connectivity index (χ2v) is 8.93. The number of hydrogen-bond donors (Lipinski definition) is 4.